The zero-order valence-electron chi connectivity index (χ0n) is 14.7. The minimum absolute atomic E-state index is 0.381. The molecule has 0 bridgehead atoms. The van der Waals surface area contributed by atoms with Crippen LogP contribution in [0.4, 0.5) is 0 Å². The van der Waals surface area contributed by atoms with Gasteiger partial charge in [0.05, 0.1) is 32.1 Å². The quantitative estimate of drug-likeness (QED) is 0.796. The van der Waals surface area contributed by atoms with Gasteiger partial charge < -0.3 is 18.8 Å². The molecule has 0 radical (unpaired) electrons. The molecular formula is C19H30N2O3. The van der Waals surface area contributed by atoms with Crippen molar-refractivity contribution >= 4 is 0 Å². The Kier molecular flexibility index (Phi) is 5.22. The second-order valence-corrected chi connectivity index (χ2v) is 7.85. The average molecular weight is 334 g/mol. The molecule has 134 valence electrons. The van der Waals surface area contributed by atoms with Crippen LogP contribution in [0.1, 0.15) is 18.6 Å². The summed E-state index contributed by atoms with van der Waals surface area (Å²) in [5.74, 6) is 3.21. The molecule has 1 aromatic heterocycles. The summed E-state index contributed by atoms with van der Waals surface area (Å²) in [5, 5.41) is 0. The van der Waals surface area contributed by atoms with Gasteiger partial charge in [-0.2, -0.15) is 0 Å². The summed E-state index contributed by atoms with van der Waals surface area (Å²) in [5.41, 5.74) is 0. The van der Waals surface area contributed by atoms with Gasteiger partial charge in [0.2, 0.25) is 0 Å². The third-order valence-electron chi connectivity index (χ3n) is 5.92. The van der Waals surface area contributed by atoms with E-state index >= 15 is 0 Å². The number of nitrogens with zero attached hydrogens (tertiary/aromatic N) is 2. The predicted octanol–water partition coefficient (Wildman–Crippen LogP) is 2.08. The molecule has 0 amide bonds. The molecule has 1 unspecified atom stereocenters. The number of ether oxygens (including phenoxy) is 2. The number of likely N-dealkylation sites (N-methyl/N-ethyl adjacent to an activating group) is 1. The highest BCUT2D eigenvalue weighted by molar-refractivity contribution is 4.98. The lowest BCUT2D eigenvalue weighted by Gasteiger charge is -2.37. The van der Waals surface area contributed by atoms with Crippen LogP contribution in [-0.4, -0.2) is 69.0 Å². The van der Waals surface area contributed by atoms with E-state index in [0.717, 1.165) is 50.5 Å². The maximum Gasteiger partial charge on any atom is 0.117 e. The minimum Gasteiger partial charge on any atom is -0.468 e. The SMILES string of the molecule is CN(Cc1ccco1)C[C@@H]1OC[C@H]2CN(CC3CCOC3)CC[C@H]21. The third-order valence-corrected chi connectivity index (χ3v) is 5.92. The Bertz CT molecular complexity index is 501. The summed E-state index contributed by atoms with van der Waals surface area (Å²) in [6, 6.07) is 4.00. The Morgan fingerprint density at radius 2 is 2.25 bits per heavy atom. The molecular weight excluding hydrogens is 304 g/mol. The Labute approximate surface area is 144 Å². The summed E-state index contributed by atoms with van der Waals surface area (Å²) < 4.78 is 17.2. The standard InChI is InChI=1S/C19H30N2O3/c1-20(11-17-3-2-7-23-17)12-19-18-4-6-21(10-16(18)14-24-19)9-15-5-8-22-13-15/h2-3,7,15-16,18-19H,4-6,8-14H2,1H3/t15?,16-,18-,19+/m1/s1. The van der Waals surface area contributed by atoms with Crippen LogP contribution in [0, 0.1) is 17.8 Å². The lowest BCUT2D eigenvalue weighted by Crippen LogP contribution is -2.45. The van der Waals surface area contributed by atoms with Crippen molar-refractivity contribution in [2.75, 3.05) is 53.0 Å². The van der Waals surface area contributed by atoms with Gasteiger partial charge in [0.15, 0.2) is 0 Å². The van der Waals surface area contributed by atoms with Gasteiger partial charge in [0.1, 0.15) is 5.76 Å². The molecule has 3 saturated heterocycles. The topological polar surface area (TPSA) is 38.1 Å². The van der Waals surface area contributed by atoms with Gasteiger partial charge >= 0.3 is 0 Å². The number of fused-ring (bicyclic) bond motifs is 1. The van der Waals surface area contributed by atoms with Crippen LogP contribution in [0.25, 0.3) is 0 Å². The van der Waals surface area contributed by atoms with Gasteiger partial charge in [0.25, 0.3) is 0 Å². The van der Waals surface area contributed by atoms with Crippen molar-refractivity contribution < 1.29 is 13.9 Å². The van der Waals surface area contributed by atoms with Crippen molar-refractivity contribution in [3.8, 4) is 0 Å². The highest BCUT2D eigenvalue weighted by Gasteiger charge is 2.41. The first-order valence-electron chi connectivity index (χ1n) is 9.40. The van der Waals surface area contributed by atoms with E-state index in [1.807, 2.05) is 12.1 Å². The lowest BCUT2D eigenvalue weighted by atomic mass is 9.83. The fourth-order valence-electron chi connectivity index (χ4n) is 4.65. The van der Waals surface area contributed by atoms with Crippen molar-refractivity contribution in [3.63, 3.8) is 0 Å². The van der Waals surface area contributed by atoms with Crippen LogP contribution in [0.15, 0.2) is 22.8 Å². The molecule has 4 atom stereocenters. The van der Waals surface area contributed by atoms with Crippen LogP contribution >= 0.6 is 0 Å². The van der Waals surface area contributed by atoms with Crippen molar-refractivity contribution in [1.82, 2.24) is 9.80 Å². The van der Waals surface area contributed by atoms with Gasteiger partial charge in [-0.1, -0.05) is 0 Å². The molecule has 0 spiro atoms. The molecule has 5 heteroatoms. The highest BCUT2D eigenvalue weighted by atomic mass is 16.5. The van der Waals surface area contributed by atoms with Crippen LogP contribution in [0.2, 0.25) is 0 Å². The third kappa shape index (κ3) is 3.85. The van der Waals surface area contributed by atoms with Crippen molar-refractivity contribution in [1.29, 1.82) is 0 Å². The number of piperidine rings is 1. The zero-order valence-corrected chi connectivity index (χ0v) is 14.7. The zero-order chi connectivity index (χ0) is 16.4. The molecule has 4 rings (SSSR count). The van der Waals surface area contributed by atoms with E-state index in [9.17, 15) is 0 Å². The van der Waals surface area contributed by atoms with Crippen LogP contribution in [0.3, 0.4) is 0 Å². The van der Waals surface area contributed by atoms with Crippen molar-refractivity contribution in [2.24, 2.45) is 17.8 Å². The molecule has 0 aliphatic carbocycles. The molecule has 24 heavy (non-hydrogen) atoms. The molecule has 3 aliphatic rings. The fourth-order valence-corrected chi connectivity index (χ4v) is 4.65. The fraction of sp³-hybridized carbons (Fsp3) is 0.789. The number of likely N-dealkylation sites (tertiary alicyclic amines) is 1. The van der Waals surface area contributed by atoms with Gasteiger partial charge in [0, 0.05) is 32.2 Å². The van der Waals surface area contributed by atoms with E-state index in [-0.39, 0.29) is 0 Å². The normalized spacial score (nSPS) is 34.1. The molecule has 0 N–H and O–H groups in total. The first-order valence-corrected chi connectivity index (χ1v) is 9.40. The second-order valence-electron chi connectivity index (χ2n) is 7.85. The van der Waals surface area contributed by atoms with Gasteiger partial charge in [-0.3, -0.25) is 4.90 Å². The summed E-state index contributed by atoms with van der Waals surface area (Å²) in [6.07, 6.45) is 4.64. The van der Waals surface area contributed by atoms with Crippen LogP contribution in [0.5, 0.6) is 0 Å². The van der Waals surface area contributed by atoms with E-state index in [1.165, 1.54) is 32.5 Å². The van der Waals surface area contributed by atoms with Crippen LogP contribution < -0.4 is 0 Å². The molecule has 3 fully saturated rings. The first kappa shape index (κ1) is 16.6. The van der Waals surface area contributed by atoms with Crippen LogP contribution in [-0.2, 0) is 16.0 Å². The lowest BCUT2D eigenvalue weighted by molar-refractivity contribution is 0.0526. The maximum absolute atomic E-state index is 6.18. The van der Waals surface area contributed by atoms with E-state index in [2.05, 4.69) is 16.8 Å². The Morgan fingerprint density at radius 1 is 1.29 bits per heavy atom. The molecule has 3 aliphatic heterocycles. The monoisotopic (exact) mass is 334 g/mol. The molecule has 0 aromatic carbocycles. The van der Waals surface area contributed by atoms with Gasteiger partial charge in [-0.25, -0.2) is 0 Å². The van der Waals surface area contributed by atoms with E-state index in [4.69, 9.17) is 13.9 Å². The Morgan fingerprint density at radius 3 is 3.04 bits per heavy atom. The summed E-state index contributed by atoms with van der Waals surface area (Å²) in [6.45, 7) is 8.35. The summed E-state index contributed by atoms with van der Waals surface area (Å²) in [4.78, 5) is 4.98. The molecule has 0 saturated carbocycles. The maximum atomic E-state index is 6.18. The molecule has 1 aromatic rings. The predicted molar refractivity (Wildman–Crippen MR) is 91.7 cm³/mol. The summed E-state index contributed by atoms with van der Waals surface area (Å²) >= 11 is 0. The molecule has 5 nitrogen and oxygen atoms in total. The molecule has 4 heterocycles. The van der Waals surface area contributed by atoms with E-state index in [1.54, 1.807) is 6.26 Å². The number of furan rings is 1. The first-order chi connectivity index (χ1) is 11.8. The highest BCUT2D eigenvalue weighted by Crippen LogP contribution is 2.35. The largest absolute Gasteiger partial charge is 0.468 e. The van der Waals surface area contributed by atoms with Gasteiger partial charge in [-0.05, 0) is 50.4 Å². The van der Waals surface area contributed by atoms with Crippen molar-refractivity contribution in [2.45, 2.75) is 25.5 Å². The van der Waals surface area contributed by atoms with E-state index < -0.39 is 0 Å². The number of rotatable bonds is 6. The Balaban J connectivity index is 1.25. The van der Waals surface area contributed by atoms with E-state index in [0.29, 0.717) is 12.0 Å². The number of hydrogen-bond donors (Lipinski definition) is 0. The van der Waals surface area contributed by atoms with Gasteiger partial charge in [-0.15, -0.1) is 0 Å². The van der Waals surface area contributed by atoms with Crippen molar-refractivity contribution in [3.05, 3.63) is 24.2 Å². The minimum atomic E-state index is 0.381. The number of hydrogen-bond acceptors (Lipinski definition) is 5. The smallest absolute Gasteiger partial charge is 0.117 e. The second kappa shape index (κ2) is 7.56. The Hall–Kier alpha value is -0.880. The summed E-state index contributed by atoms with van der Waals surface area (Å²) in [7, 11) is 2.16. The average Bonchev–Trinajstić information content (AvgIpc) is 3.30.